The maximum atomic E-state index is 4.31. The van der Waals surface area contributed by atoms with E-state index >= 15 is 0 Å². The van der Waals surface area contributed by atoms with Crippen molar-refractivity contribution in [3.8, 4) is 0 Å². The molecule has 2 atom stereocenters. The highest BCUT2D eigenvalue weighted by atomic mass is 32.2. The number of fused-ring (bicyclic) bond motifs is 1. The molecule has 94 valence electrons. The summed E-state index contributed by atoms with van der Waals surface area (Å²) in [5.74, 6) is 3.26. The Labute approximate surface area is 111 Å². The average Bonchev–Trinajstić information content (AvgIpc) is 2.93. The summed E-state index contributed by atoms with van der Waals surface area (Å²) in [6, 6.07) is 9.38. The van der Waals surface area contributed by atoms with E-state index in [0.717, 1.165) is 17.3 Å². The van der Waals surface area contributed by atoms with Crippen molar-refractivity contribution < 1.29 is 0 Å². The lowest BCUT2D eigenvalue weighted by Gasteiger charge is -2.28. The second-order valence-corrected chi connectivity index (χ2v) is 5.66. The Morgan fingerprint density at radius 3 is 3.17 bits per heavy atom. The van der Waals surface area contributed by atoms with Gasteiger partial charge >= 0.3 is 0 Å². The fraction of sp³-hybridized carbons (Fsp3) is 0.357. The second kappa shape index (κ2) is 5.16. The van der Waals surface area contributed by atoms with E-state index in [-0.39, 0.29) is 6.04 Å². The first-order valence-electron chi connectivity index (χ1n) is 6.25. The number of hydrogen-bond donors (Lipinski definition) is 2. The zero-order valence-corrected chi connectivity index (χ0v) is 11.2. The van der Waals surface area contributed by atoms with Gasteiger partial charge in [-0.15, -0.1) is 0 Å². The van der Waals surface area contributed by atoms with Crippen molar-refractivity contribution in [2.24, 2.45) is 0 Å². The molecule has 0 saturated carbocycles. The normalized spacial score (nSPS) is 20.4. The summed E-state index contributed by atoms with van der Waals surface area (Å²) < 4.78 is 0. The van der Waals surface area contributed by atoms with Crippen molar-refractivity contribution in [2.45, 2.75) is 24.8 Å². The molecule has 2 N–H and O–H groups in total. The maximum Gasteiger partial charge on any atom is 0.122 e. The summed E-state index contributed by atoms with van der Waals surface area (Å²) in [5.41, 5.74) is 2.90. The number of nitrogens with one attached hydrogen (secondary N) is 2. The van der Waals surface area contributed by atoms with Gasteiger partial charge in [0.25, 0.3) is 0 Å². The molecule has 0 amide bonds. The SMILES string of the molecule is CC(NC1CSCc2ccccc21)c1ncc[nH]1. The Balaban J connectivity index is 1.78. The van der Waals surface area contributed by atoms with Gasteiger partial charge in [-0.25, -0.2) is 4.98 Å². The van der Waals surface area contributed by atoms with E-state index in [2.05, 4.69) is 46.5 Å². The standard InChI is InChI=1S/C14H17N3S/c1-10(14-15-6-7-16-14)17-13-9-18-8-11-4-2-3-5-12(11)13/h2-7,10,13,17H,8-9H2,1H3,(H,15,16). The van der Waals surface area contributed by atoms with Crippen molar-refractivity contribution in [3.05, 3.63) is 53.6 Å². The van der Waals surface area contributed by atoms with Crippen molar-refractivity contribution in [1.82, 2.24) is 15.3 Å². The van der Waals surface area contributed by atoms with Crippen molar-refractivity contribution in [2.75, 3.05) is 5.75 Å². The number of benzene rings is 1. The van der Waals surface area contributed by atoms with E-state index in [0.29, 0.717) is 6.04 Å². The van der Waals surface area contributed by atoms with Gasteiger partial charge in [-0.1, -0.05) is 24.3 Å². The zero-order valence-electron chi connectivity index (χ0n) is 10.4. The third kappa shape index (κ3) is 2.31. The molecule has 0 spiro atoms. The van der Waals surface area contributed by atoms with Gasteiger partial charge in [0.2, 0.25) is 0 Å². The summed E-state index contributed by atoms with van der Waals surface area (Å²) in [5, 5.41) is 3.66. The van der Waals surface area contributed by atoms with Crippen LogP contribution in [0.25, 0.3) is 0 Å². The molecule has 4 heteroatoms. The number of nitrogens with zero attached hydrogens (tertiary/aromatic N) is 1. The van der Waals surface area contributed by atoms with Gasteiger partial charge in [-0.05, 0) is 18.1 Å². The van der Waals surface area contributed by atoms with E-state index in [4.69, 9.17) is 0 Å². The molecule has 0 aliphatic carbocycles. The quantitative estimate of drug-likeness (QED) is 0.890. The minimum Gasteiger partial charge on any atom is -0.347 e. The van der Waals surface area contributed by atoms with Gasteiger partial charge in [0, 0.05) is 29.9 Å². The molecule has 3 rings (SSSR count). The van der Waals surface area contributed by atoms with Crippen LogP contribution in [0.5, 0.6) is 0 Å². The Hall–Kier alpha value is -1.26. The number of H-pyrrole nitrogens is 1. The molecule has 1 aromatic carbocycles. The molecule has 3 nitrogen and oxygen atoms in total. The fourth-order valence-corrected chi connectivity index (χ4v) is 3.53. The highest BCUT2D eigenvalue weighted by molar-refractivity contribution is 7.98. The van der Waals surface area contributed by atoms with Crippen molar-refractivity contribution >= 4 is 11.8 Å². The van der Waals surface area contributed by atoms with Gasteiger partial charge in [0.05, 0.1) is 6.04 Å². The molecule has 1 aromatic heterocycles. The molecule has 2 heterocycles. The first-order chi connectivity index (χ1) is 8.84. The first-order valence-corrected chi connectivity index (χ1v) is 7.41. The summed E-state index contributed by atoms with van der Waals surface area (Å²) in [6.45, 7) is 2.15. The number of rotatable bonds is 3. The summed E-state index contributed by atoms with van der Waals surface area (Å²) in [6.07, 6.45) is 3.67. The Morgan fingerprint density at radius 2 is 2.33 bits per heavy atom. The van der Waals surface area contributed by atoms with Gasteiger partial charge in [0.1, 0.15) is 5.82 Å². The lowest BCUT2D eigenvalue weighted by Crippen LogP contribution is -2.29. The third-order valence-corrected chi connectivity index (χ3v) is 4.44. The van der Waals surface area contributed by atoms with Crippen molar-refractivity contribution in [1.29, 1.82) is 0 Å². The molecule has 0 fully saturated rings. The van der Waals surface area contributed by atoms with E-state index in [9.17, 15) is 0 Å². The van der Waals surface area contributed by atoms with Crippen LogP contribution in [0.2, 0.25) is 0 Å². The smallest absolute Gasteiger partial charge is 0.122 e. The molecule has 2 unspecified atom stereocenters. The third-order valence-electron chi connectivity index (χ3n) is 3.35. The second-order valence-electron chi connectivity index (χ2n) is 4.63. The highest BCUT2D eigenvalue weighted by Crippen LogP contribution is 2.32. The number of thioether (sulfide) groups is 1. The Kier molecular flexibility index (Phi) is 3.39. The van der Waals surface area contributed by atoms with Crippen molar-refractivity contribution in [3.63, 3.8) is 0 Å². The van der Waals surface area contributed by atoms with Crippen LogP contribution in [0.1, 0.15) is 36.0 Å². The molecule has 0 radical (unpaired) electrons. The van der Waals surface area contributed by atoms with Crippen LogP contribution in [0.15, 0.2) is 36.7 Å². The topological polar surface area (TPSA) is 40.7 Å². The number of imidazole rings is 1. The first kappa shape index (κ1) is 11.8. The monoisotopic (exact) mass is 259 g/mol. The molecule has 18 heavy (non-hydrogen) atoms. The zero-order chi connectivity index (χ0) is 12.4. The van der Waals surface area contributed by atoms with Crippen LogP contribution in [0, 0.1) is 0 Å². The number of aromatic amines is 1. The van der Waals surface area contributed by atoms with Gasteiger partial charge in [-0.3, -0.25) is 5.32 Å². The molecule has 2 aromatic rings. The Morgan fingerprint density at radius 1 is 1.44 bits per heavy atom. The average molecular weight is 259 g/mol. The lowest BCUT2D eigenvalue weighted by molar-refractivity contribution is 0.480. The van der Waals surface area contributed by atoms with E-state index < -0.39 is 0 Å². The minimum absolute atomic E-state index is 0.247. The van der Waals surface area contributed by atoms with Gasteiger partial charge in [0.15, 0.2) is 0 Å². The lowest BCUT2D eigenvalue weighted by atomic mass is 10.0. The molecular formula is C14H17N3S. The molecular weight excluding hydrogens is 242 g/mol. The summed E-state index contributed by atoms with van der Waals surface area (Å²) in [7, 11) is 0. The predicted molar refractivity (Wildman–Crippen MR) is 75.5 cm³/mol. The number of aromatic nitrogens is 2. The minimum atomic E-state index is 0.247. The van der Waals surface area contributed by atoms with E-state index in [1.165, 1.54) is 11.1 Å². The van der Waals surface area contributed by atoms with Gasteiger partial charge in [-0.2, -0.15) is 11.8 Å². The fourth-order valence-electron chi connectivity index (χ4n) is 2.41. The molecule has 1 aliphatic heterocycles. The van der Waals surface area contributed by atoms with Crippen LogP contribution in [-0.4, -0.2) is 15.7 Å². The van der Waals surface area contributed by atoms with Crippen LogP contribution in [0.3, 0.4) is 0 Å². The summed E-state index contributed by atoms with van der Waals surface area (Å²) in [4.78, 5) is 7.48. The van der Waals surface area contributed by atoms with Crippen LogP contribution >= 0.6 is 11.8 Å². The van der Waals surface area contributed by atoms with Crippen LogP contribution in [-0.2, 0) is 5.75 Å². The predicted octanol–water partition coefficient (Wildman–Crippen LogP) is 3.05. The maximum absolute atomic E-state index is 4.31. The summed E-state index contributed by atoms with van der Waals surface area (Å²) >= 11 is 1.99. The van der Waals surface area contributed by atoms with Crippen LogP contribution < -0.4 is 5.32 Å². The largest absolute Gasteiger partial charge is 0.347 e. The van der Waals surface area contributed by atoms with Gasteiger partial charge < -0.3 is 4.98 Å². The molecule has 0 saturated heterocycles. The van der Waals surface area contributed by atoms with Crippen LogP contribution in [0.4, 0.5) is 0 Å². The Bertz CT molecular complexity index is 510. The molecule has 1 aliphatic rings. The van der Waals surface area contributed by atoms with E-state index in [1.54, 1.807) is 6.20 Å². The highest BCUT2D eigenvalue weighted by Gasteiger charge is 2.22. The van der Waals surface area contributed by atoms with E-state index in [1.807, 2.05) is 18.0 Å². The molecule has 0 bridgehead atoms. The number of hydrogen-bond acceptors (Lipinski definition) is 3.